The fourth-order valence-corrected chi connectivity index (χ4v) is 3.16. The molecule has 0 fully saturated rings. The quantitative estimate of drug-likeness (QED) is 0.496. The van der Waals surface area contributed by atoms with E-state index in [-0.39, 0.29) is 5.56 Å². The lowest BCUT2D eigenvalue weighted by molar-refractivity contribution is -0.137. The minimum atomic E-state index is -4.41. The fourth-order valence-electron chi connectivity index (χ4n) is 2.19. The third-order valence-electron chi connectivity index (χ3n) is 3.32. The van der Waals surface area contributed by atoms with E-state index in [2.05, 4.69) is 10.2 Å². The van der Waals surface area contributed by atoms with Crippen molar-refractivity contribution in [1.29, 1.82) is 0 Å². The molecule has 1 heterocycles. The number of rotatable bonds is 2. The number of hydrogen-bond donors (Lipinski definition) is 0. The normalized spacial score (nSPS) is 13.3. The van der Waals surface area contributed by atoms with E-state index in [1.807, 2.05) is 35.9 Å². The van der Waals surface area contributed by atoms with Gasteiger partial charge in [0.2, 0.25) is 4.80 Å². The Balaban J connectivity index is 1.99. The van der Waals surface area contributed by atoms with Crippen molar-refractivity contribution in [2.24, 2.45) is 17.3 Å². The monoisotopic (exact) mass is 335 g/mol. The van der Waals surface area contributed by atoms with Crippen LogP contribution in [0.4, 0.5) is 13.2 Å². The Morgan fingerprint density at radius 2 is 1.74 bits per heavy atom. The number of nitrogens with zero attached hydrogens (tertiary/aromatic N) is 3. The first-order valence-electron chi connectivity index (χ1n) is 6.74. The summed E-state index contributed by atoms with van der Waals surface area (Å²) in [6.07, 6.45) is -3.28. The lowest BCUT2D eigenvalue weighted by atomic mass is 10.1. The number of fused-ring (bicyclic) bond motifs is 1. The van der Waals surface area contributed by atoms with Crippen molar-refractivity contribution in [2.45, 2.75) is 6.18 Å². The number of benzene rings is 2. The molecule has 0 unspecified atom stereocenters. The van der Waals surface area contributed by atoms with Crippen LogP contribution in [0.3, 0.4) is 0 Å². The summed E-state index contributed by atoms with van der Waals surface area (Å²) in [4.78, 5) is 0.618. The molecule has 0 aliphatic carbocycles. The van der Waals surface area contributed by atoms with E-state index >= 15 is 0 Å². The van der Waals surface area contributed by atoms with Crippen LogP contribution in [0, 0.1) is 0 Å². The van der Waals surface area contributed by atoms with E-state index in [1.165, 1.54) is 29.5 Å². The average Bonchev–Trinajstić information content (AvgIpc) is 2.84. The molecule has 1 aromatic heterocycles. The van der Waals surface area contributed by atoms with Gasteiger partial charge in [-0.25, -0.2) is 0 Å². The van der Waals surface area contributed by atoms with E-state index in [9.17, 15) is 13.2 Å². The third-order valence-corrected chi connectivity index (χ3v) is 4.42. The highest BCUT2D eigenvalue weighted by Crippen LogP contribution is 2.31. The first-order chi connectivity index (χ1) is 11.0. The summed E-state index contributed by atoms with van der Waals surface area (Å²) in [6, 6.07) is 13.0. The Labute approximate surface area is 134 Å². The molecule has 0 amide bonds. The van der Waals surface area contributed by atoms with Crippen LogP contribution in [0.25, 0.3) is 10.2 Å². The van der Waals surface area contributed by atoms with Crippen molar-refractivity contribution in [3.63, 3.8) is 0 Å². The maximum absolute atomic E-state index is 12.9. The zero-order chi connectivity index (χ0) is 16.4. The molecule has 0 aliphatic rings. The number of halogens is 3. The van der Waals surface area contributed by atoms with E-state index in [0.29, 0.717) is 4.80 Å². The molecule has 0 saturated heterocycles. The van der Waals surface area contributed by atoms with Gasteiger partial charge in [-0.1, -0.05) is 41.7 Å². The zero-order valence-corrected chi connectivity index (χ0v) is 12.9. The third kappa shape index (κ3) is 3.19. The van der Waals surface area contributed by atoms with Crippen LogP contribution < -0.4 is 4.80 Å². The Bertz CT molecular complexity index is 935. The van der Waals surface area contributed by atoms with Crippen molar-refractivity contribution in [3.05, 3.63) is 64.5 Å². The standard InChI is InChI=1S/C16H12F3N3S/c1-22-13-8-4-5-9-14(13)23-15(22)21-20-10-11-6-2-3-7-12(11)16(17,18)19/h2-10H,1H3. The number of aryl methyl sites for hydroxylation is 1. The van der Waals surface area contributed by atoms with Gasteiger partial charge in [0, 0.05) is 12.6 Å². The lowest BCUT2D eigenvalue weighted by Gasteiger charge is -2.08. The minimum Gasteiger partial charge on any atom is -0.318 e. The Kier molecular flexibility index (Phi) is 4.04. The Morgan fingerprint density at radius 1 is 1.04 bits per heavy atom. The summed E-state index contributed by atoms with van der Waals surface area (Å²) < 4.78 is 41.6. The molecule has 118 valence electrons. The Hall–Kier alpha value is -2.41. The maximum Gasteiger partial charge on any atom is 0.417 e. The molecule has 0 aliphatic heterocycles. The van der Waals surface area contributed by atoms with Crippen LogP contribution >= 0.6 is 11.3 Å². The van der Waals surface area contributed by atoms with E-state index < -0.39 is 11.7 Å². The van der Waals surface area contributed by atoms with Gasteiger partial charge in [-0.2, -0.15) is 18.3 Å². The highest BCUT2D eigenvalue weighted by atomic mass is 32.1. The lowest BCUT2D eigenvalue weighted by Crippen LogP contribution is -2.10. The van der Waals surface area contributed by atoms with Crippen LogP contribution in [0.15, 0.2) is 58.7 Å². The second-order valence-electron chi connectivity index (χ2n) is 4.84. The number of thiazole rings is 1. The van der Waals surface area contributed by atoms with Gasteiger partial charge in [-0.3, -0.25) is 0 Å². The zero-order valence-electron chi connectivity index (χ0n) is 12.1. The number of alkyl halides is 3. The average molecular weight is 335 g/mol. The molecular formula is C16H12F3N3S. The van der Waals surface area contributed by atoms with Gasteiger partial charge in [0.25, 0.3) is 0 Å². The maximum atomic E-state index is 12.9. The summed E-state index contributed by atoms with van der Waals surface area (Å²) in [6.45, 7) is 0. The molecule has 0 N–H and O–H groups in total. The van der Waals surface area contributed by atoms with E-state index in [1.54, 1.807) is 0 Å². The molecule has 3 nitrogen and oxygen atoms in total. The van der Waals surface area contributed by atoms with Crippen molar-refractivity contribution in [3.8, 4) is 0 Å². The summed E-state index contributed by atoms with van der Waals surface area (Å²) in [5.41, 5.74) is 0.273. The largest absolute Gasteiger partial charge is 0.417 e. The summed E-state index contributed by atoms with van der Waals surface area (Å²) in [5.74, 6) is 0. The van der Waals surface area contributed by atoms with Crippen LogP contribution in [-0.4, -0.2) is 10.8 Å². The highest BCUT2D eigenvalue weighted by Gasteiger charge is 2.32. The van der Waals surface area contributed by atoms with Crippen molar-refractivity contribution in [2.75, 3.05) is 0 Å². The first-order valence-corrected chi connectivity index (χ1v) is 7.56. The van der Waals surface area contributed by atoms with E-state index in [4.69, 9.17) is 0 Å². The van der Waals surface area contributed by atoms with Gasteiger partial charge in [-0.15, -0.1) is 5.10 Å². The molecule has 23 heavy (non-hydrogen) atoms. The second-order valence-corrected chi connectivity index (χ2v) is 5.85. The van der Waals surface area contributed by atoms with Gasteiger partial charge >= 0.3 is 6.18 Å². The molecular weight excluding hydrogens is 323 g/mol. The number of para-hydroxylation sites is 1. The van der Waals surface area contributed by atoms with Gasteiger partial charge < -0.3 is 4.57 Å². The molecule has 0 spiro atoms. The fraction of sp³-hybridized carbons (Fsp3) is 0.125. The molecule has 3 rings (SSSR count). The molecule has 7 heteroatoms. The molecule has 0 atom stereocenters. The minimum absolute atomic E-state index is 0.00693. The van der Waals surface area contributed by atoms with Crippen molar-refractivity contribution < 1.29 is 13.2 Å². The van der Waals surface area contributed by atoms with Crippen LogP contribution in [0.1, 0.15) is 11.1 Å². The van der Waals surface area contributed by atoms with Crippen molar-refractivity contribution >= 4 is 27.8 Å². The number of aromatic nitrogens is 1. The van der Waals surface area contributed by atoms with E-state index in [0.717, 1.165) is 22.5 Å². The highest BCUT2D eigenvalue weighted by molar-refractivity contribution is 7.16. The summed E-state index contributed by atoms with van der Waals surface area (Å²) in [5, 5.41) is 7.88. The second kappa shape index (κ2) is 6.00. The molecule has 0 radical (unpaired) electrons. The van der Waals surface area contributed by atoms with Crippen LogP contribution in [0.2, 0.25) is 0 Å². The van der Waals surface area contributed by atoms with Gasteiger partial charge in [0.15, 0.2) is 0 Å². The summed E-state index contributed by atoms with van der Waals surface area (Å²) in [7, 11) is 1.84. The molecule has 0 saturated carbocycles. The predicted octanol–water partition coefficient (Wildman–Crippen LogP) is 4.19. The Morgan fingerprint density at radius 3 is 2.48 bits per heavy atom. The first kappa shape index (κ1) is 15.5. The van der Waals surface area contributed by atoms with Gasteiger partial charge in [0.1, 0.15) is 0 Å². The van der Waals surface area contributed by atoms with Crippen molar-refractivity contribution in [1.82, 2.24) is 4.57 Å². The van der Waals surface area contributed by atoms with Crippen LogP contribution in [-0.2, 0) is 13.2 Å². The summed E-state index contributed by atoms with van der Waals surface area (Å²) >= 11 is 1.43. The number of hydrogen-bond acceptors (Lipinski definition) is 3. The molecule has 3 aromatic rings. The van der Waals surface area contributed by atoms with Gasteiger partial charge in [0.05, 0.1) is 22.0 Å². The van der Waals surface area contributed by atoms with Crippen LogP contribution in [0.5, 0.6) is 0 Å². The SMILES string of the molecule is Cn1c(=NN=Cc2ccccc2C(F)(F)F)sc2ccccc21. The smallest absolute Gasteiger partial charge is 0.318 e. The molecule has 0 bridgehead atoms. The molecule has 2 aromatic carbocycles. The van der Waals surface area contributed by atoms with Gasteiger partial charge in [-0.05, 0) is 18.2 Å². The topological polar surface area (TPSA) is 29.6 Å². The predicted molar refractivity (Wildman–Crippen MR) is 85.4 cm³/mol.